The third kappa shape index (κ3) is 9.43. The van der Waals surface area contributed by atoms with Gasteiger partial charge in [0.1, 0.15) is 6.61 Å². The zero-order valence-electron chi connectivity index (χ0n) is 12.1. The molecular formula is C9H11F9O6S. The minimum absolute atomic E-state index is 0.715. The largest absolute Gasteiger partial charge is 0.523 e. The van der Waals surface area contributed by atoms with E-state index in [0.717, 1.165) is 0 Å². The minimum Gasteiger partial charge on any atom is -0.370 e. The van der Waals surface area contributed by atoms with Crippen LogP contribution in [0, 0.1) is 0 Å². The highest BCUT2D eigenvalue weighted by atomic mass is 32.2. The van der Waals surface area contributed by atoms with E-state index < -0.39 is 60.4 Å². The van der Waals surface area contributed by atoms with Crippen LogP contribution in [0.5, 0.6) is 0 Å². The first-order chi connectivity index (χ1) is 10.9. The van der Waals surface area contributed by atoms with E-state index >= 15 is 0 Å². The summed E-state index contributed by atoms with van der Waals surface area (Å²) < 4.78 is 146. The molecule has 0 bridgehead atoms. The molecular weight excluding hydrogens is 407 g/mol. The summed E-state index contributed by atoms with van der Waals surface area (Å²) in [4.78, 5) is 0. The Morgan fingerprint density at radius 3 is 1.72 bits per heavy atom. The minimum atomic E-state index is -5.99. The molecule has 25 heavy (non-hydrogen) atoms. The zero-order valence-corrected chi connectivity index (χ0v) is 12.9. The number of hydrogen-bond donors (Lipinski definition) is 0. The molecule has 152 valence electrons. The summed E-state index contributed by atoms with van der Waals surface area (Å²) in [6.07, 6.45) is -16.1. The number of rotatable bonds is 11. The average Bonchev–Trinajstić information content (AvgIpc) is 2.33. The summed E-state index contributed by atoms with van der Waals surface area (Å²) in [7, 11) is -5.99. The first-order valence-corrected chi connectivity index (χ1v) is 7.41. The topological polar surface area (TPSA) is 71.1 Å². The van der Waals surface area contributed by atoms with Crippen LogP contribution < -0.4 is 0 Å². The summed E-state index contributed by atoms with van der Waals surface area (Å²) in [6.45, 7) is -3.91. The molecule has 0 atom stereocenters. The SMILES string of the molecule is CCC(F)(F)OC(F)(F)OC(F)(F)COCCOS(=O)(=O)C(F)(F)F. The Labute approximate surface area is 134 Å². The molecule has 0 amide bonds. The van der Waals surface area contributed by atoms with Crippen LogP contribution in [0.15, 0.2) is 0 Å². The van der Waals surface area contributed by atoms with Crippen molar-refractivity contribution in [1.29, 1.82) is 0 Å². The maximum absolute atomic E-state index is 13.0. The van der Waals surface area contributed by atoms with Gasteiger partial charge in [-0.15, -0.1) is 8.78 Å². The van der Waals surface area contributed by atoms with Crippen molar-refractivity contribution in [2.75, 3.05) is 19.8 Å². The number of hydrogen-bond acceptors (Lipinski definition) is 6. The van der Waals surface area contributed by atoms with E-state index in [1.54, 1.807) is 0 Å². The normalized spacial score (nSPS) is 14.8. The smallest absolute Gasteiger partial charge is 0.370 e. The highest BCUT2D eigenvalue weighted by Gasteiger charge is 2.51. The Morgan fingerprint density at radius 1 is 0.800 bits per heavy atom. The second-order valence-electron chi connectivity index (χ2n) is 4.07. The van der Waals surface area contributed by atoms with Gasteiger partial charge in [0.05, 0.1) is 13.2 Å². The van der Waals surface area contributed by atoms with E-state index in [1.807, 2.05) is 0 Å². The Balaban J connectivity index is 4.38. The van der Waals surface area contributed by atoms with Gasteiger partial charge < -0.3 is 4.74 Å². The molecule has 0 aliphatic rings. The van der Waals surface area contributed by atoms with Gasteiger partial charge in [0.2, 0.25) is 0 Å². The van der Waals surface area contributed by atoms with Crippen molar-refractivity contribution in [1.82, 2.24) is 0 Å². The average molecular weight is 418 g/mol. The first-order valence-electron chi connectivity index (χ1n) is 6.00. The van der Waals surface area contributed by atoms with Crippen molar-refractivity contribution < 1.29 is 66.3 Å². The van der Waals surface area contributed by atoms with Crippen LogP contribution in [0.4, 0.5) is 39.5 Å². The Hall–Kier alpha value is -0.840. The van der Waals surface area contributed by atoms with Crippen molar-refractivity contribution in [3.8, 4) is 0 Å². The summed E-state index contributed by atoms with van der Waals surface area (Å²) >= 11 is 0. The van der Waals surface area contributed by atoms with Crippen LogP contribution >= 0.6 is 0 Å². The molecule has 0 saturated heterocycles. The fraction of sp³-hybridized carbons (Fsp3) is 1.00. The lowest BCUT2D eigenvalue weighted by molar-refractivity contribution is -0.516. The number of ether oxygens (including phenoxy) is 3. The molecule has 0 aromatic rings. The van der Waals surface area contributed by atoms with Crippen molar-refractivity contribution in [2.45, 2.75) is 37.4 Å². The van der Waals surface area contributed by atoms with E-state index in [0.29, 0.717) is 6.92 Å². The quantitative estimate of drug-likeness (QED) is 0.169. The van der Waals surface area contributed by atoms with E-state index in [-0.39, 0.29) is 0 Å². The van der Waals surface area contributed by atoms with Crippen LogP contribution in [-0.2, 0) is 28.5 Å². The highest BCUT2D eigenvalue weighted by molar-refractivity contribution is 7.87. The van der Waals surface area contributed by atoms with Crippen LogP contribution in [-0.4, -0.2) is 52.3 Å². The van der Waals surface area contributed by atoms with Gasteiger partial charge in [0, 0.05) is 6.42 Å². The van der Waals surface area contributed by atoms with Crippen molar-refractivity contribution >= 4 is 10.1 Å². The highest BCUT2D eigenvalue weighted by Crippen LogP contribution is 2.34. The predicted octanol–water partition coefficient (Wildman–Crippen LogP) is 3.05. The molecule has 0 aliphatic carbocycles. The van der Waals surface area contributed by atoms with Crippen molar-refractivity contribution in [3.63, 3.8) is 0 Å². The summed E-state index contributed by atoms with van der Waals surface area (Å²) in [5, 5.41) is 0. The van der Waals surface area contributed by atoms with E-state index in [1.165, 1.54) is 0 Å². The Kier molecular flexibility index (Phi) is 7.96. The molecule has 0 saturated carbocycles. The van der Waals surface area contributed by atoms with Gasteiger partial charge in [-0.2, -0.15) is 39.2 Å². The lowest BCUT2D eigenvalue weighted by atomic mass is 10.5. The predicted molar refractivity (Wildman–Crippen MR) is 59.0 cm³/mol. The zero-order chi connectivity index (χ0) is 20.2. The van der Waals surface area contributed by atoms with E-state index in [2.05, 4.69) is 18.4 Å². The molecule has 0 heterocycles. The van der Waals surface area contributed by atoms with Gasteiger partial charge in [-0.1, -0.05) is 6.92 Å². The standard InChI is InChI=1S/C9H11F9O6S/c1-2-6(10,11)23-9(17,18)24-7(12,13)5-21-3-4-22-25(19,20)8(14,15)16/h2-5H2,1H3. The van der Waals surface area contributed by atoms with Crippen LogP contribution in [0.2, 0.25) is 0 Å². The molecule has 6 nitrogen and oxygen atoms in total. The lowest BCUT2D eigenvalue weighted by Gasteiger charge is -2.25. The molecule has 0 radical (unpaired) electrons. The van der Waals surface area contributed by atoms with Crippen LogP contribution in [0.3, 0.4) is 0 Å². The van der Waals surface area contributed by atoms with Gasteiger partial charge in [-0.25, -0.2) is 9.47 Å². The lowest BCUT2D eigenvalue weighted by Crippen LogP contribution is -2.42. The monoisotopic (exact) mass is 418 g/mol. The molecule has 0 aliphatic heterocycles. The fourth-order valence-electron chi connectivity index (χ4n) is 0.931. The van der Waals surface area contributed by atoms with Gasteiger partial charge in [0.25, 0.3) is 0 Å². The maximum atomic E-state index is 13.0. The van der Waals surface area contributed by atoms with Gasteiger partial charge in [-0.3, -0.25) is 4.18 Å². The molecule has 0 N–H and O–H groups in total. The van der Waals surface area contributed by atoms with E-state index in [9.17, 15) is 47.9 Å². The third-order valence-electron chi connectivity index (χ3n) is 1.97. The fourth-order valence-corrected chi connectivity index (χ4v) is 1.35. The van der Waals surface area contributed by atoms with Gasteiger partial charge >= 0.3 is 34.1 Å². The van der Waals surface area contributed by atoms with Crippen molar-refractivity contribution in [2.24, 2.45) is 0 Å². The molecule has 0 aromatic carbocycles. The van der Waals surface area contributed by atoms with Gasteiger partial charge in [-0.05, 0) is 0 Å². The molecule has 0 unspecified atom stereocenters. The van der Waals surface area contributed by atoms with Crippen LogP contribution in [0.1, 0.15) is 13.3 Å². The molecule has 16 heteroatoms. The molecule has 0 fully saturated rings. The third-order valence-corrected chi connectivity index (χ3v) is 3.01. The molecule has 0 spiro atoms. The second kappa shape index (κ2) is 8.24. The second-order valence-corrected chi connectivity index (χ2v) is 5.68. The Bertz CT molecular complexity index is 518. The maximum Gasteiger partial charge on any atom is 0.523 e. The molecule has 0 aromatic heterocycles. The summed E-state index contributed by atoms with van der Waals surface area (Å²) in [5.74, 6) is 0. The summed E-state index contributed by atoms with van der Waals surface area (Å²) in [5.41, 5.74) is -5.76. The Morgan fingerprint density at radius 2 is 1.28 bits per heavy atom. The van der Waals surface area contributed by atoms with E-state index in [4.69, 9.17) is 0 Å². The number of halogens is 9. The first kappa shape index (κ1) is 24.2. The number of alkyl halides is 9. The molecule has 0 rings (SSSR count). The van der Waals surface area contributed by atoms with Gasteiger partial charge in [0.15, 0.2) is 0 Å². The van der Waals surface area contributed by atoms with Crippen LogP contribution in [0.25, 0.3) is 0 Å². The van der Waals surface area contributed by atoms with Crippen molar-refractivity contribution in [3.05, 3.63) is 0 Å². The summed E-state index contributed by atoms with van der Waals surface area (Å²) in [6, 6.07) is 0.